The normalized spacial score (nSPS) is 26.4. The molecule has 1 N–H and O–H groups in total. The van der Waals surface area contributed by atoms with E-state index in [2.05, 4.69) is 19.3 Å². The van der Waals surface area contributed by atoms with Gasteiger partial charge in [-0.25, -0.2) is 0 Å². The summed E-state index contributed by atoms with van der Waals surface area (Å²) >= 11 is 0. The maximum absolute atomic E-state index is 5.87. The fraction of sp³-hybridized carbons (Fsp3) is 0.667. The Labute approximate surface area is 123 Å². The maximum Gasteiger partial charge on any atom is 0.119 e. The summed E-state index contributed by atoms with van der Waals surface area (Å²) < 4.78 is 5.87. The largest absolute Gasteiger partial charge is 0.494 e. The average Bonchev–Trinajstić information content (AvgIpc) is 2.49. The molecule has 0 radical (unpaired) electrons. The van der Waals surface area contributed by atoms with E-state index in [1.165, 1.54) is 38.5 Å². The minimum Gasteiger partial charge on any atom is -0.494 e. The Morgan fingerprint density at radius 2 is 1.95 bits per heavy atom. The van der Waals surface area contributed by atoms with Gasteiger partial charge in [-0.05, 0) is 56.7 Å². The van der Waals surface area contributed by atoms with Gasteiger partial charge in [0.05, 0.1) is 6.61 Å². The van der Waals surface area contributed by atoms with Crippen LogP contribution in [0, 0.1) is 11.8 Å². The lowest BCUT2D eigenvalue weighted by Crippen LogP contribution is -2.39. The van der Waals surface area contributed by atoms with Crippen LogP contribution in [-0.4, -0.2) is 19.7 Å². The summed E-state index contributed by atoms with van der Waals surface area (Å²) in [7, 11) is 2.11. The molecule has 3 atom stereocenters. The number of nitrogens with one attached hydrogen (secondary N) is 1. The Bertz CT molecular complexity index is 365. The molecule has 112 valence electrons. The molecule has 20 heavy (non-hydrogen) atoms. The van der Waals surface area contributed by atoms with Crippen molar-refractivity contribution in [2.24, 2.45) is 11.8 Å². The van der Waals surface area contributed by atoms with E-state index >= 15 is 0 Å². The van der Waals surface area contributed by atoms with Crippen molar-refractivity contribution >= 4 is 0 Å². The summed E-state index contributed by atoms with van der Waals surface area (Å²) in [4.78, 5) is 0. The predicted octanol–water partition coefficient (Wildman–Crippen LogP) is 4.26. The number of benzene rings is 1. The fourth-order valence-electron chi connectivity index (χ4n) is 3.58. The van der Waals surface area contributed by atoms with Gasteiger partial charge in [-0.15, -0.1) is 0 Å². The highest BCUT2D eigenvalue weighted by molar-refractivity contribution is 5.20. The van der Waals surface area contributed by atoms with Crippen LogP contribution < -0.4 is 10.1 Å². The molecule has 1 aromatic carbocycles. The smallest absolute Gasteiger partial charge is 0.119 e. The monoisotopic (exact) mass is 275 g/mol. The summed E-state index contributed by atoms with van der Waals surface area (Å²) in [5.41, 5.74) is 0. The summed E-state index contributed by atoms with van der Waals surface area (Å²) in [6, 6.07) is 10.8. The zero-order chi connectivity index (χ0) is 14.2. The number of hydrogen-bond acceptors (Lipinski definition) is 2. The summed E-state index contributed by atoms with van der Waals surface area (Å²) in [5.74, 6) is 2.70. The first-order valence-corrected chi connectivity index (χ1v) is 8.18. The van der Waals surface area contributed by atoms with Gasteiger partial charge in [0.1, 0.15) is 5.75 Å². The van der Waals surface area contributed by atoms with Gasteiger partial charge in [0, 0.05) is 6.04 Å². The van der Waals surface area contributed by atoms with Gasteiger partial charge in [0.2, 0.25) is 0 Å². The minimum atomic E-state index is 0.683. The van der Waals surface area contributed by atoms with E-state index in [-0.39, 0.29) is 0 Å². The van der Waals surface area contributed by atoms with Crippen LogP contribution in [0.1, 0.15) is 45.4 Å². The van der Waals surface area contributed by atoms with E-state index in [1.807, 2.05) is 30.3 Å². The second-order valence-electron chi connectivity index (χ2n) is 6.07. The van der Waals surface area contributed by atoms with Gasteiger partial charge in [-0.1, -0.05) is 38.0 Å². The molecule has 2 heteroatoms. The van der Waals surface area contributed by atoms with Crippen LogP contribution in [0.3, 0.4) is 0 Å². The zero-order valence-electron chi connectivity index (χ0n) is 13.0. The number of hydrogen-bond donors (Lipinski definition) is 1. The van der Waals surface area contributed by atoms with Crippen LogP contribution in [0.5, 0.6) is 5.75 Å². The second-order valence-corrected chi connectivity index (χ2v) is 6.07. The Hall–Kier alpha value is -1.02. The van der Waals surface area contributed by atoms with Crippen LogP contribution in [0.2, 0.25) is 0 Å². The standard InChI is InChI=1S/C18H29NO/c1-3-7-15-10-11-18(19-2)16(14-15)12-13-20-17-8-5-4-6-9-17/h4-6,8-9,15-16,18-19H,3,7,10-14H2,1-2H3. The van der Waals surface area contributed by atoms with E-state index < -0.39 is 0 Å². The van der Waals surface area contributed by atoms with Gasteiger partial charge in [0.25, 0.3) is 0 Å². The Morgan fingerprint density at radius 3 is 2.65 bits per heavy atom. The number of ether oxygens (including phenoxy) is 1. The topological polar surface area (TPSA) is 21.3 Å². The molecule has 0 aromatic heterocycles. The molecule has 1 fully saturated rings. The Morgan fingerprint density at radius 1 is 1.15 bits per heavy atom. The van der Waals surface area contributed by atoms with Crippen molar-refractivity contribution in [1.82, 2.24) is 5.32 Å². The molecule has 0 saturated heterocycles. The van der Waals surface area contributed by atoms with Gasteiger partial charge >= 0.3 is 0 Å². The third-order valence-electron chi connectivity index (χ3n) is 4.66. The number of rotatable bonds is 7. The van der Waals surface area contributed by atoms with E-state index in [9.17, 15) is 0 Å². The minimum absolute atomic E-state index is 0.683. The molecule has 0 heterocycles. The van der Waals surface area contributed by atoms with Gasteiger partial charge in [-0.2, -0.15) is 0 Å². The molecular formula is C18H29NO. The van der Waals surface area contributed by atoms with Crippen molar-refractivity contribution in [1.29, 1.82) is 0 Å². The summed E-state index contributed by atoms with van der Waals surface area (Å²) in [5, 5.41) is 3.51. The zero-order valence-corrected chi connectivity index (χ0v) is 13.0. The average molecular weight is 275 g/mol. The molecular weight excluding hydrogens is 246 g/mol. The summed E-state index contributed by atoms with van der Waals surface area (Å²) in [6.07, 6.45) is 7.99. The molecule has 0 spiro atoms. The first-order valence-electron chi connectivity index (χ1n) is 8.18. The van der Waals surface area contributed by atoms with Crippen LogP contribution in [0.4, 0.5) is 0 Å². The number of para-hydroxylation sites is 1. The molecule has 1 aliphatic carbocycles. The molecule has 0 aliphatic heterocycles. The first kappa shape index (κ1) is 15.4. The van der Waals surface area contributed by atoms with Crippen molar-refractivity contribution in [2.75, 3.05) is 13.7 Å². The maximum atomic E-state index is 5.87. The molecule has 2 rings (SSSR count). The van der Waals surface area contributed by atoms with Crippen LogP contribution in [0.25, 0.3) is 0 Å². The quantitative estimate of drug-likeness (QED) is 0.803. The van der Waals surface area contributed by atoms with Crippen LogP contribution in [0.15, 0.2) is 30.3 Å². The highest BCUT2D eigenvalue weighted by atomic mass is 16.5. The highest BCUT2D eigenvalue weighted by Crippen LogP contribution is 2.34. The van der Waals surface area contributed by atoms with Crippen molar-refractivity contribution < 1.29 is 4.74 Å². The Kier molecular flexibility index (Phi) is 6.38. The molecule has 1 aromatic rings. The molecule has 3 unspecified atom stereocenters. The van der Waals surface area contributed by atoms with Crippen LogP contribution >= 0.6 is 0 Å². The van der Waals surface area contributed by atoms with Crippen molar-refractivity contribution in [2.45, 2.75) is 51.5 Å². The van der Waals surface area contributed by atoms with Crippen LogP contribution in [-0.2, 0) is 0 Å². The van der Waals surface area contributed by atoms with Gasteiger partial charge in [-0.3, -0.25) is 0 Å². The lowest BCUT2D eigenvalue weighted by molar-refractivity contribution is 0.166. The van der Waals surface area contributed by atoms with E-state index in [0.29, 0.717) is 6.04 Å². The lowest BCUT2D eigenvalue weighted by atomic mass is 9.75. The predicted molar refractivity (Wildman–Crippen MR) is 85.1 cm³/mol. The lowest BCUT2D eigenvalue weighted by Gasteiger charge is -2.36. The van der Waals surface area contributed by atoms with Crippen molar-refractivity contribution in [3.63, 3.8) is 0 Å². The fourth-order valence-corrected chi connectivity index (χ4v) is 3.58. The van der Waals surface area contributed by atoms with Crippen molar-refractivity contribution in [3.05, 3.63) is 30.3 Å². The van der Waals surface area contributed by atoms with E-state index in [4.69, 9.17) is 4.74 Å². The molecule has 1 saturated carbocycles. The second kappa shape index (κ2) is 8.31. The van der Waals surface area contributed by atoms with Gasteiger partial charge in [0.15, 0.2) is 0 Å². The summed E-state index contributed by atoms with van der Waals surface area (Å²) in [6.45, 7) is 3.14. The Balaban J connectivity index is 1.79. The molecule has 2 nitrogen and oxygen atoms in total. The molecule has 0 amide bonds. The SMILES string of the molecule is CCCC1CCC(NC)C(CCOc2ccccc2)C1. The third kappa shape index (κ3) is 4.52. The first-order chi connectivity index (χ1) is 9.83. The molecule has 1 aliphatic rings. The van der Waals surface area contributed by atoms with Gasteiger partial charge < -0.3 is 10.1 Å². The highest BCUT2D eigenvalue weighted by Gasteiger charge is 2.28. The molecule has 0 bridgehead atoms. The van der Waals surface area contributed by atoms with E-state index in [0.717, 1.165) is 24.2 Å². The third-order valence-corrected chi connectivity index (χ3v) is 4.66. The van der Waals surface area contributed by atoms with E-state index in [1.54, 1.807) is 0 Å². The van der Waals surface area contributed by atoms with Crippen molar-refractivity contribution in [3.8, 4) is 5.75 Å².